The summed E-state index contributed by atoms with van der Waals surface area (Å²) in [5.41, 5.74) is 2.24. The minimum absolute atomic E-state index is 0.240. The zero-order chi connectivity index (χ0) is 14.6. The SMILES string of the molecule is O=C(O)c1ccc2c(c1)CCCN2C(=O)C1C2CCCC21. The molecule has 1 N–H and O–H groups in total. The van der Waals surface area contributed by atoms with E-state index in [0.29, 0.717) is 17.4 Å². The lowest BCUT2D eigenvalue weighted by Crippen LogP contribution is -2.37. The van der Waals surface area contributed by atoms with Crippen LogP contribution in [-0.2, 0) is 11.2 Å². The number of benzene rings is 1. The standard InChI is InChI=1S/C17H19NO3/c19-16(15-12-4-1-5-13(12)15)18-8-2-3-10-9-11(17(20)21)6-7-14(10)18/h6-7,9,12-13,15H,1-5,8H2,(H,20,21). The van der Waals surface area contributed by atoms with E-state index in [-0.39, 0.29) is 11.8 Å². The Labute approximate surface area is 123 Å². The number of hydrogen-bond acceptors (Lipinski definition) is 2. The molecule has 4 heteroatoms. The summed E-state index contributed by atoms with van der Waals surface area (Å²) in [5.74, 6) is 0.859. The molecule has 0 bridgehead atoms. The molecule has 1 heterocycles. The highest BCUT2D eigenvalue weighted by molar-refractivity contribution is 5.99. The van der Waals surface area contributed by atoms with E-state index < -0.39 is 5.97 Å². The van der Waals surface area contributed by atoms with Gasteiger partial charge in [0, 0.05) is 18.2 Å². The normalized spacial score (nSPS) is 29.7. The van der Waals surface area contributed by atoms with Crippen LogP contribution in [0.5, 0.6) is 0 Å². The highest BCUT2D eigenvalue weighted by Gasteiger charge is 2.57. The van der Waals surface area contributed by atoms with Gasteiger partial charge in [-0.1, -0.05) is 6.42 Å². The van der Waals surface area contributed by atoms with Crippen LogP contribution >= 0.6 is 0 Å². The molecule has 0 aromatic heterocycles. The number of aromatic carboxylic acids is 1. The molecule has 1 amide bonds. The van der Waals surface area contributed by atoms with E-state index in [2.05, 4.69) is 0 Å². The molecule has 0 saturated heterocycles. The summed E-state index contributed by atoms with van der Waals surface area (Å²) in [4.78, 5) is 25.7. The third kappa shape index (κ3) is 1.96. The first kappa shape index (κ1) is 12.9. The molecule has 21 heavy (non-hydrogen) atoms. The summed E-state index contributed by atoms with van der Waals surface area (Å²) in [6, 6.07) is 5.15. The first-order chi connectivity index (χ1) is 10.2. The van der Waals surface area contributed by atoms with Crippen molar-refractivity contribution >= 4 is 17.6 Å². The van der Waals surface area contributed by atoms with Crippen molar-refractivity contribution < 1.29 is 14.7 Å². The Bertz CT molecular complexity index is 614. The van der Waals surface area contributed by atoms with Crippen molar-refractivity contribution in [2.45, 2.75) is 32.1 Å². The minimum Gasteiger partial charge on any atom is -0.478 e. The summed E-state index contributed by atoms with van der Waals surface area (Å²) in [6.07, 6.45) is 5.47. The molecule has 2 aliphatic carbocycles. The average Bonchev–Trinajstić information content (AvgIpc) is 2.97. The molecule has 4 rings (SSSR count). The van der Waals surface area contributed by atoms with Gasteiger partial charge in [0.25, 0.3) is 0 Å². The maximum atomic E-state index is 12.8. The molecule has 1 aromatic rings. The van der Waals surface area contributed by atoms with Gasteiger partial charge in [-0.05, 0) is 61.3 Å². The van der Waals surface area contributed by atoms with Crippen molar-refractivity contribution in [2.75, 3.05) is 11.4 Å². The monoisotopic (exact) mass is 285 g/mol. The number of rotatable bonds is 2. The van der Waals surface area contributed by atoms with Gasteiger partial charge in [0.15, 0.2) is 0 Å². The molecule has 2 atom stereocenters. The smallest absolute Gasteiger partial charge is 0.335 e. The summed E-state index contributed by atoms with van der Waals surface area (Å²) in [6.45, 7) is 0.772. The molecular formula is C17H19NO3. The minimum atomic E-state index is -0.905. The van der Waals surface area contributed by atoms with Crippen molar-refractivity contribution in [3.63, 3.8) is 0 Å². The summed E-state index contributed by atoms with van der Waals surface area (Å²) >= 11 is 0. The lowest BCUT2D eigenvalue weighted by molar-refractivity contribution is -0.120. The number of fused-ring (bicyclic) bond motifs is 2. The Morgan fingerprint density at radius 2 is 1.90 bits per heavy atom. The maximum absolute atomic E-state index is 12.8. The number of nitrogens with zero attached hydrogens (tertiary/aromatic N) is 1. The van der Waals surface area contributed by atoms with E-state index in [0.717, 1.165) is 30.6 Å². The number of carboxylic acids is 1. The van der Waals surface area contributed by atoms with Crippen LogP contribution in [0.1, 0.15) is 41.6 Å². The van der Waals surface area contributed by atoms with Crippen LogP contribution in [0.15, 0.2) is 18.2 Å². The topological polar surface area (TPSA) is 57.6 Å². The number of aryl methyl sites for hydroxylation is 1. The zero-order valence-electron chi connectivity index (χ0n) is 11.9. The second-order valence-corrected chi connectivity index (χ2v) is 6.53. The van der Waals surface area contributed by atoms with Crippen molar-refractivity contribution in [3.05, 3.63) is 29.3 Å². The first-order valence-corrected chi connectivity index (χ1v) is 7.84. The first-order valence-electron chi connectivity index (χ1n) is 7.84. The van der Waals surface area contributed by atoms with Crippen molar-refractivity contribution in [1.82, 2.24) is 0 Å². The Hall–Kier alpha value is -1.84. The van der Waals surface area contributed by atoms with E-state index in [9.17, 15) is 9.59 Å². The molecule has 1 aliphatic heterocycles. The Morgan fingerprint density at radius 1 is 1.14 bits per heavy atom. The van der Waals surface area contributed by atoms with Crippen molar-refractivity contribution in [2.24, 2.45) is 17.8 Å². The average molecular weight is 285 g/mol. The Kier molecular flexibility index (Phi) is 2.81. The second kappa shape index (κ2) is 4.58. The van der Waals surface area contributed by atoms with Crippen LogP contribution in [0, 0.1) is 17.8 Å². The second-order valence-electron chi connectivity index (χ2n) is 6.53. The van der Waals surface area contributed by atoms with Gasteiger partial charge in [0.2, 0.25) is 5.91 Å². The molecular weight excluding hydrogens is 266 g/mol. The van der Waals surface area contributed by atoms with Crippen LogP contribution in [0.2, 0.25) is 0 Å². The largest absolute Gasteiger partial charge is 0.478 e. The quantitative estimate of drug-likeness (QED) is 0.909. The van der Waals surface area contributed by atoms with Gasteiger partial charge in [-0.15, -0.1) is 0 Å². The molecule has 110 valence electrons. The van der Waals surface area contributed by atoms with Gasteiger partial charge in [-0.25, -0.2) is 4.79 Å². The van der Waals surface area contributed by atoms with Crippen LogP contribution in [0.3, 0.4) is 0 Å². The lowest BCUT2D eigenvalue weighted by atomic mass is 9.98. The van der Waals surface area contributed by atoms with Crippen LogP contribution in [-0.4, -0.2) is 23.5 Å². The van der Waals surface area contributed by atoms with Gasteiger partial charge in [-0.2, -0.15) is 0 Å². The van der Waals surface area contributed by atoms with Crippen molar-refractivity contribution in [1.29, 1.82) is 0 Å². The fourth-order valence-corrected chi connectivity index (χ4v) is 4.33. The molecule has 4 nitrogen and oxygen atoms in total. The number of carbonyl (C=O) groups excluding carboxylic acids is 1. The number of carbonyl (C=O) groups is 2. The van der Waals surface area contributed by atoms with E-state index in [1.165, 1.54) is 19.3 Å². The van der Waals surface area contributed by atoms with Crippen LogP contribution < -0.4 is 4.90 Å². The van der Waals surface area contributed by atoms with Gasteiger partial charge in [-0.3, -0.25) is 4.79 Å². The third-order valence-corrected chi connectivity index (χ3v) is 5.40. The third-order valence-electron chi connectivity index (χ3n) is 5.40. The Morgan fingerprint density at radius 3 is 2.62 bits per heavy atom. The zero-order valence-corrected chi connectivity index (χ0v) is 11.9. The summed E-state index contributed by atoms with van der Waals surface area (Å²) in [7, 11) is 0. The fraction of sp³-hybridized carbons (Fsp3) is 0.529. The van der Waals surface area contributed by atoms with Gasteiger partial charge < -0.3 is 10.0 Å². The van der Waals surface area contributed by atoms with Gasteiger partial charge in [0.05, 0.1) is 5.56 Å². The van der Waals surface area contributed by atoms with Crippen molar-refractivity contribution in [3.8, 4) is 0 Å². The molecule has 2 saturated carbocycles. The number of hydrogen-bond donors (Lipinski definition) is 1. The molecule has 0 radical (unpaired) electrons. The highest BCUT2D eigenvalue weighted by Crippen LogP contribution is 2.58. The van der Waals surface area contributed by atoms with E-state index in [1.807, 2.05) is 11.0 Å². The predicted molar refractivity (Wildman–Crippen MR) is 78.4 cm³/mol. The number of carboxylic acid groups (broad SMARTS) is 1. The van der Waals surface area contributed by atoms with E-state index >= 15 is 0 Å². The van der Waals surface area contributed by atoms with E-state index in [1.54, 1.807) is 12.1 Å². The fourth-order valence-electron chi connectivity index (χ4n) is 4.33. The summed E-state index contributed by atoms with van der Waals surface area (Å²) in [5, 5.41) is 9.09. The van der Waals surface area contributed by atoms with E-state index in [4.69, 9.17) is 5.11 Å². The molecule has 2 fully saturated rings. The number of amides is 1. The lowest BCUT2D eigenvalue weighted by Gasteiger charge is -2.30. The molecule has 0 spiro atoms. The van der Waals surface area contributed by atoms with Crippen LogP contribution in [0.25, 0.3) is 0 Å². The van der Waals surface area contributed by atoms with Gasteiger partial charge >= 0.3 is 5.97 Å². The predicted octanol–water partition coefficient (Wildman–Crippen LogP) is 2.71. The van der Waals surface area contributed by atoms with Gasteiger partial charge in [0.1, 0.15) is 0 Å². The van der Waals surface area contributed by atoms with Crippen LogP contribution in [0.4, 0.5) is 5.69 Å². The molecule has 1 aromatic carbocycles. The highest BCUT2D eigenvalue weighted by atomic mass is 16.4. The Balaban J connectivity index is 1.61. The summed E-state index contributed by atoms with van der Waals surface area (Å²) < 4.78 is 0. The molecule has 3 aliphatic rings. The maximum Gasteiger partial charge on any atom is 0.335 e. The number of anilines is 1. The molecule has 2 unspecified atom stereocenters.